The molecule has 1 aliphatic carbocycles. The van der Waals surface area contributed by atoms with Gasteiger partial charge < -0.3 is 10.0 Å². The largest absolute Gasteiger partial charge is 0.481 e. The summed E-state index contributed by atoms with van der Waals surface area (Å²) in [5.41, 5.74) is 0. The van der Waals surface area contributed by atoms with Gasteiger partial charge in [0.05, 0.1) is 5.92 Å². The van der Waals surface area contributed by atoms with Crippen molar-refractivity contribution in [3.05, 3.63) is 0 Å². The van der Waals surface area contributed by atoms with E-state index in [-0.39, 0.29) is 5.92 Å². The third-order valence-electron chi connectivity index (χ3n) is 3.17. The first-order valence-corrected chi connectivity index (χ1v) is 5.32. The van der Waals surface area contributed by atoms with Crippen LogP contribution < -0.4 is 0 Å². The van der Waals surface area contributed by atoms with Gasteiger partial charge in [-0.3, -0.25) is 9.69 Å². The molecule has 4 nitrogen and oxygen atoms in total. The standard InChI is InChI=1S/C10H18N2O2/c1-11-4-5-12(9-2-3-9)7-8(6-11)10(13)14/h8-9H,2-7H2,1H3,(H,13,14). The van der Waals surface area contributed by atoms with Crippen molar-refractivity contribution in [1.82, 2.24) is 9.80 Å². The van der Waals surface area contributed by atoms with Crippen LogP contribution in [0.5, 0.6) is 0 Å². The lowest BCUT2D eigenvalue weighted by Gasteiger charge is -2.20. The molecule has 1 N–H and O–H groups in total. The Morgan fingerprint density at radius 2 is 2.00 bits per heavy atom. The van der Waals surface area contributed by atoms with E-state index in [2.05, 4.69) is 9.80 Å². The number of carboxylic acid groups (broad SMARTS) is 1. The fourth-order valence-corrected chi connectivity index (χ4v) is 2.13. The molecule has 0 aromatic rings. The van der Waals surface area contributed by atoms with Crippen LogP contribution in [0.25, 0.3) is 0 Å². The Labute approximate surface area is 84.5 Å². The molecule has 80 valence electrons. The summed E-state index contributed by atoms with van der Waals surface area (Å²) >= 11 is 0. The van der Waals surface area contributed by atoms with Gasteiger partial charge in [-0.05, 0) is 19.9 Å². The molecule has 0 aromatic carbocycles. The monoisotopic (exact) mass is 198 g/mol. The zero-order valence-corrected chi connectivity index (χ0v) is 8.65. The van der Waals surface area contributed by atoms with Crippen molar-refractivity contribution in [1.29, 1.82) is 0 Å². The van der Waals surface area contributed by atoms with Crippen molar-refractivity contribution in [2.24, 2.45) is 5.92 Å². The molecule has 4 heteroatoms. The van der Waals surface area contributed by atoms with Crippen molar-refractivity contribution < 1.29 is 9.90 Å². The number of hydrogen-bond acceptors (Lipinski definition) is 3. The van der Waals surface area contributed by atoms with Gasteiger partial charge in [0.1, 0.15) is 0 Å². The van der Waals surface area contributed by atoms with Crippen LogP contribution in [-0.2, 0) is 4.79 Å². The van der Waals surface area contributed by atoms with Crippen LogP contribution in [0.3, 0.4) is 0 Å². The Morgan fingerprint density at radius 3 is 2.57 bits per heavy atom. The van der Waals surface area contributed by atoms with Crippen molar-refractivity contribution in [3.8, 4) is 0 Å². The molecule has 14 heavy (non-hydrogen) atoms. The van der Waals surface area contributed by atoms with Gasteiger partial charge in [0.15, 0.2) is 0 Å². The smallest absolute Gasteiger partial charge is 0.309 e. The maximum atomic E-state index is 11.0. The third kappa shape index (κ3) is 2.25. The molecule has 2 aliphatic rings. The zero-order valence-electron chi connectivity index (χ0n) is 8.65. The second kappa shape index (κ2) is 3.87. The van der Waals surface area contributed by atoms with Gasteiger partial charge in [-0.1, -0.05) is 0 Å². The van der Waals surface area contributed by atoms with Crippen LogP contribution in [0.4, 0.5) is 0 Å². The van der Waals surface area contributed by atoms with E-state index in [9.17, 15) is 4.79 Å². The summed E-state index contributed by atoms with van der Waals surface area (Å²) in [5.74, 6) is -0.854. The molecular weight excluding hydrogens is 180 g/mol. The molecule has 0 spiro atoms. The summed E-state index contributed by atoms with van der Waals surface area (Å²) in [7, 11) is 2.01. The normalized spacial score (nSPS) is 31.4. The number of carboxylic acids is 1. The minimum atomic E-state index is -0.649. The van der Waals surface area contributed by atoms with Crippen LogP contribution in [-0.4, -0.2) is 60.1 Å². The summed E-state index contributed by atoms with van der Waals surface area (Å²) in [5, 5.41) is 9.05. The summed E-state index contributed by atoms with van der Waals surface area (Å²) < 4.78 is 0. The van der Waals surface area contributed by atoms with Gasteiger partial charge in [-0.2, -0.15) is 0 Å². The third-order valence-corrected chi connectivity index (χ3v) is 3.17. The van der Waals surface area contributed by atoms with Crippen molar-refractivity contribution >= 4 is 5.97 Å². The van der Waals surface area contributed by atoms with Crippen LogP contribution >= 0.6 is 0 Å². The molecular formula is C10H18N2O2. The van der Waals surface area contributed by atoms with Crippen LogP contribution in [0, 0.1) is 5.92 Å². The van der Waals surface area contributed by atoms with Crippen molar-refractivity contribution in [2.75, 3.05) is 33.2 Å². The van der Waals surface area contributed by atoms with Gasteiger partial charge in [-0.25, -0.2) is 0 Å². The fraction of sp³-hybridized carbons (Fsp3) is 0.900. The number of hydrogen-bond donors (Lipinski definition) is 1. The van der Waals surface area contributed by atoms with Gasteiger partial charge in [0, 0.05) is 32.2 Å². The summed E-state index contributed by atoms with van der Waals surface area (Å²) in [6.45, 7) is 3.47. The van der Waals surface area contributed by atoms with Crippen LogP contribution in [0.15, 0.2) is 0 Å². The van der Waals surface area contributed by atoms with E-state index in [0.717, 1.165) is 19.6 Å². The highest BCUT2D eigenvalue weighted by Crippen LogP contribution is 2.28. The first kappa shape index (κ1) is 9.93. The highest BCUT2D eigenvalue weighted by Gasteiger charge is 2.34. The highest BCUT2D eigenvalue weighted by atomic mass is 16.4. The predicted octanol–water partition coefficient (Wildman–Crippen LogP) is 0.0970. The molecule has 1 saturated carbocycles. The Hall–Kier alpha value is -0.610. The Balaban J connectivity index is 1.98. The molecule has 1 heterocycles. The van der Waals surface area contributed by atoms with Crippen molar-refractivity contribution in [3.63, 3.8) is 0 Å². The Bertz CT molecular complexity index is 228. The molecule has 0 amide bonds. The topological polar surface area (TPSA) is 43.8 Å². The number of aliphatic carboxylic acids is 1. The highest BCUT2D eigenvalue weighted by molar-refractivity contribution is 5.70. The van der Waals surface area contributed by atoms with Crippen LogP contribution in [0.1, 0.15) is 12.8 Å². The van der Waals surface area contributed by atoms with Crippen molar-refractivity contribution in [2.45, 2.75) is 18.9 Å². The van der Waals surface area contributed by atoms with E-state index in [1.807, 2.05) is 7.05 Å². The SMILES string of the molecule is CN1CCN(C2CC2)CC(C(=O)O)C1. The van der Waals surface area contributed by atoms with E-state index in [1.54, 1.807) is 0 Å². The number of rotatable bonds is 2. The zero-order chi connectivity index (χ0) is 10.1. The molecule has 0 radical (unpaired) electrons. The fourth-order valence-electron chi connectivity index (χ4n) is 2.13. The number of carbonyl (C=O) groups is 1. The minimum absolute atomic E-state index is 0.205. The average Bonchev–Trinajstić information content (AvgIpc) is 2.89. The molecule has 1 saturated heterocycles. The van der Waals surface area contributed by atoms with E-state index < -0.39 is 5.97 Å². The van der Waals surface area contributed by atoms with Gasteiger partial charge in [-0.15, -0.1) is 0 Å². The molecule has 1 unspecified atom stereocenters. The summed E-state index contributed by atoms with van der Waals surface area (Å²) in [6, 6.07) is 0.684. The second-order valence-electron chi connectivity index (χ2n) is 4.52. The number of likely N-dealkylation sites (N-methyl/N-ethyl adjacent to an activating group) is 1. The van der Waals surface area contributed by atoms with Gasteiger partial charge in [0.25, 0.3) is 0 Å². The molecule has 2 rings (SSSR count). The maximum Gasteiger partial charge on any atom is 0.309 e. The quantitative estimate of drug-likeness (QED) is 0.683. The Kier molecular flexibility index (Phi) is 2.74. The average molecular weight is 198 g/mol. The number of nitrogens with zero attached hydrogens (tertiary/aromatic N) is 2. The molecule has 1 aliphatic heterocycles. The van der Waals surface area contributed by atoms with Crippen LogP contribution in [0.2, 0.25) is 0 Å². The Morgan fingerprint density at radius 1 is 1.29 bits per heavy atom. The molecule has 0 bridgehead atoms. The van der Waals surface area contributed by atoms with E-state index in [1.165, 1.54) is 12.8 Å². The molecule has 1 atom stereocenters. The van der Waals surface area contributed by atoms with Gasteiger partial charge >= 0.3 is 5.97 Å². The lowest BCUT2D eigenvalue weighted by molar-refractivity contribution is -0.142. The second-order valence-corrected chi connectivity index (χ2v) is 4.52. The summed E-state index contributed by atoms with van der Waals surface area (Å²) in [6.07, 6.45) is 2.52. The van der Waals surface area contributed by atoms with E-state index in [0.29, 0.717) is 12.6 Å². The molecule has 2 fully saturated rings. The first-order chi connectivity index (χ1) is 6.66. The lowest BCUT2D eigenvalue weighted by atomic mass is 10.1. The maximum absolute atomic E-state index is 11.0. The first-order valence-electron chi connectivity index (χ1n) is 5.32. The van der Waals surface area contributed by atoms with Gasteiger partial charge in [0.2, 0.25) is 0 Å². The predicted molar refractivity (Wildman–Crippen MR) is 53.2 cm³/mol. The van der Waals surface area contributed by atoms with E-state index in [4.69, 9.17) is 5.11 Å². The van der Waals surface area contributed by atoms with E-state index >= 15 is 0 Å². The lowest BCUT2D eigenvalue weighted by Crippen LogP contribution is -2.35. The summed E-state index contributed by atoms with van der Waals surface area (Å²) in [4.78, 5) is 15.5. The molecule has 0 aromatic heterocycles. The minimum Gasteiger partial charge on any atom is -0.481 e.